The van der Waals surface area contributed by atoms with Crippen LogP contribution in [0.5, 0.6) is 0 Å². The van der Waals surface area contributed by atoms with E-state index in [1.165, 1.54) is 11.3 Å². The van der Waals surface area contributed by atoms with Crippen molar-refractivity contribution in [2.45, 2.75) is 12.8 Å². The van der Waals surface area contributed by atoms with Crippen LogP contribution in [0.1, 0.15) is 23.0 Å². The molecule has 3 aromatic rings. The first-order chi connectivity index (χ1) is 9.29. The number of aromatic nitrogens is 4. The number of anilines is 1. The highest BCUT2D eigenvalue weighted by molar-refractivity contribution is 7.13. The Kier molecular flexibility index (Phi) is 3.20. The fourth-order valence-electron chi connectivity index (χ4n) is 1.68. The minimum absolute atomic E-state index is 0.508. The molecule has 0 bridgehead atoms. The molecule has 96 valence electrons. The molecular formula is C12H11N5OS. The van der Waals surface area contributed by atoms with Gasteiger partial charge in [-0.15, -0.1) is 11.3 Å². The van der Waals surface area contributed by atoms with Crippen molar-refractivity contribution < 1.29 is 4.52 Å². The smallest absolute Gasteiger partial charge is 0.232 e. The third-order valence-corrected chi connectivity index (χ3v) is 3.22. The topological polar surface area (TPSA) is 90.7 Å². The summed E-state index contributed by atoms with van der Waals surface area (Å²) in [7, 11) is 0. The Morgan fingerprint density at radius 3 is 2.95 bits per heavy atom. The lowest BCUT2D eigenvalue weighted by atomic mass is 10.2. The van der Waals surface area contributed by atoms with Crippen LogP contribution in [0.2, 0.25) is 0 Å². The van der Waals surface area contributed by atoms with Crippen LogP contribution >= 0.6 is 11.3 Å². The third-order valence-electron chi connectivity index (χ3n) is 2.50. The third kappa shape index (κ3) is 2.94. The summed E-state index contributed by atoms with van der Waals surface area (Å²) in [4.78, 5) is 12.5. The zero-order valence-electron chi connectivity index (χ0n) is 9.98. The summed E-state index contributed by atoms with van der Waals surface area (Å²) in [6.45, 7) is 0. The average molecular weight is 273 g/mol. The number of nitrogens with two attached hydrogens (primary N) is 1. The van der Waals surface area contributed by atoms with E-state index in [4.69, 9.17) is 10.3 Å². The fourth-order valence-corrected chi connectivity index (χ4v) is 2.24. The van der Waals surface area contributed by atoms with Crippen molar-refractivity contribution in [3.05, 3.63) is 52.9 Å². The Balaban J connectivity index is 1.69. The molecule has 0 aromatic carbocycles. The maximum absolute atomic E-state index is 5.57. The van der Waals surface area contributed by atoms with Gasteiger partial charge in [-0.1, -0.05) is 11.2 Å². The highest BCUT2D eigenvalue weighted by atomic mass is 32.1. The Bertz CT molecular complexity index is 664. The van der Waals surface area contributed by atoms with Crippen LogP contribution in [-0.4, -0.2) is 20.1 Å². The highest BCUT2D eigenvalue weighted by Gasteiger charge is 2.09. The van der Waals surface area contributed by atoms with Gasteiger partial charge in [0.2, 0.25) is 5.89 Å². The normalized spacial score (nSPS) is 10.7. The van der Waals surface area contributed by atoms with E-state index in [-0.39, 0.29) is 0 Å². The molecule has 19 heavy (non-hydrogen) atoms. The molecule has 0 aliphatic heterocycles. The largest absolute Gasteiger partial charge is 0.375 e. The summed E-state index contributed by atoms with van der Waals surface area (Å²) in [5.74, 6) is 1.19. The number of nitrogen functional groups attached to an aromatic ring is 1. The van der Waals surface area contributed by atoms with Crippen molar-refractivity contribution in [2.75, 3.05) is 5.73 Å². The maximum Gasteiger partial charge on any atom is 0.232 e. The highest BCUT2D eigenvalue weighted by Crippen LogP contribution is 2.14. The quantitative estimate of drug-likeness (QED) is 0.777. The molecule has 2 N–H and O–H groups in total. The minimum atomic E-state index is 0.508. The first-order valence-corrected chi connectivity index (χ1v) is 6.58. The van der Waals surface area contributed by atoms with E-state index >= 15 is 0 Å². The molecule has 6 nitrogen and oxygen atoms in total. The van der Waals surface area contributed by atoms with Gasteiger partial charge in [-0.3, -0.25) is 4.98 Å². The number of rotatable bonds is 4. The molecule has 0 aliphatic carbocycles. The van der Waals surface area contributed by atoms with Gasteiger partial charge in [0.25, 0.3) is 0 Å². The van der Waals surface area contributed by atoms with Gasteiger partial charge in [0.15, 0.2) is 11.0 Å². The van der Waals surface area contributed by atoms with Crippen LogP contribution in [0.25, 0.3) is 0 Å². The molecule has 0 saturated carbocycles. The minimum Gasteiger partial charge on any atom is -0.375 e. The van der Waals surface area contributed by atoms with Crippen molar-refractivity contribution in [1.82, 2.24) is 20.1 Å². The Morgan fingerprint density at radius 2 is 2.21 bits per heavy atom. The van der Waals surface area contributed by atoms with Crippen molar-refractivity contribution in [3.8, 4) is 0 Å². The van der Waals surface area contributed by atoms with Gasteiger partial charge in [0.05, 0.1) is 12.1 Å². The van der Waals surface area contributed by atoms with E-state index in [9.17, 15) is 0 Å². The van der Waals surface area contributed by atoms with Crippen LogP contribution in [0.4, 0.5) is 5.13 Å². The van der Waals surface area contributed by atoms with Gasteiger partial charge in [-0.2, -0.15) is 4.98 Å². The first kappa shape index (κ1) is 11.8. The summed E-state index contributed by atoms with van der Waals surface area (Å²) >= 11 is 1.40. The molecule has 3 rings (SSSR count). The van der Waals surface area contributed by atoms with E-state index in [1.54, 1.807) is 12.4 Å². The van der Waals surface area contributed by atoms with Crippen molar-refractivity contribution >= 4 is 16.5 Å². The monoisotopic (exact) mass is 273 g/mol. The van der Waals surface area contributed by atoms with E-state index in [1.807, 2.05) is 17.5 Å². The Morgan fingerprint density at radius 1 is 1.26 bits per heavy atom. The van der Waals surface area contributed by atoms with E-state index < -0.39 is 0 Å². The lowest BCUT2D eigenvalue weighted by Crippen LogP contribution is -1.93. The molecule has 3 aromatic heterocycles. The molecule has 0 amide bonds. The second kappa shape index (κ2) is 5.15. The molecule has 3 heterocycles. The van der Waals surface area contributed by atoms with Crippen LogP contribution in [0, 0.1) is 0 Å². The summed E-state index contributed by atoms with van der Waals surface area (Å²) in [5, 5.41) is 6.38. The average Bonchev–Trinajstić information content (AvgIpc) is 3.01. The fraction of sp³-hybridized carbons (Fsp3) is 0.167. The van der Waals surface area contributed by atoms with Gasteiger partial charge in [0.1, 0.15) is 0 Å². The number of hydrogen-bond acceptors (Lipinski definition) is 7. The lowest BCUT2D eigenvalue weighted by Gasteiger charge is -1.93. The van der Waals surface area contributed by atoms with Gasteiger partial charge in [-0.05, 0) is 11.6 Å². The van der Waals surface area contributed by atoms with Crippen LogP contribution in [0.15, 0.2) is 34.4 Å². The standard InChI is InChI=1S/C12H11N5OS/c13-12-15-9(7-19-12)5-11-16-10(17-18-11)4-8-2-1-3-14-6-8/h1-3,6-7H,4-5H2,(H2,13,15). The summed E-state index contributed by atoms with van der Waals surface area (Å²) in [6, 6.07) is 3.86. The molecule has 0 radical (unpaired) electrons. The number of hydrogen-bond donors (Lipinski definition) is 1. The lowest BCUT2D eigenvalue weighted by molar-refractivity contribution is 0.379. The molecule has 0 aliphatic rings. The Labute approximate surface area is 113 Å². The van der Waals surface area contributed by atoms with Crippen molar-refractivity contribution in [3.63, 3.8) is 0 Å². The predicted octanol–water partition coefficient (Wildman–Crippen LogP) is 1.68. The van der Waals surface area contributed by atoms with Crippen molar-refractivity contribution in [1.29, 1.82) is 0 Å². The number of thiazole rings is 1. The zero-order valence-corrected chi connectivity index (χ0v) is 10.8. The number of pyridine rings is 1. The Hall–Kier alpha value is -2.28. The molecular weight excluding hydrogens is 262 g/mol. The van der Waals surface area contributed by atoms with Gasteiger partial charge in [0, 0.05) is 24.2 Å². The number of nitrogens with zero attached hydrogens (tertiary/aromatic N) is 4. The van der Waals surface area contributed by atoms with Crippen LogP contribution in [-0.2, 0) is 12.8 Å². The molecule has 0 fully saturated rings. The van der Waals surface area contributed by atoms with Gasteiger partial charge in [-0.25, -0.2) is 4.98 Å². The summed E-state index contributed by atoms with van der Waals surface area (Å²) in [6.07, 6.45) is 4.64. The zero-order chi connectivity index (χ0) is 13.1. The summed E-state index contributed by atoms with van der Waals surface area (Å²) in [5.41, 5.74) is 7.47. The van der Waals surface area contributed by atoms with E-state index in [2.05, 4.69) is 20.1 Å². The van der Waals surface area contributed by atoms with E-state index in [0.717, 1.165) is 11.3 Å². The predicted molar refractivity (Wildman–Crippen MR) is 70.7 cm³/mol. The van der Waals surface area contributed by atoms with Gasteiger partial charge >= 0.3 is 0 Å². The summed E-state index contributed by atoms with van der Waals surface area (Å²) < 4.78 is 5.19. The maximum atomic E-state index is 5.57. The molecule has 0 saturated heterocycles. The SMILES string of the molecule is Nc1nc(Cc2nc(Cc3cccnc3)no2)cs1. The second-order valence-electron chi connectivity index (χ2n) is 4.00. The molecule has 7 heteroatoms. The second-order valence-corrected chi connectivity index (χ2v) is 4.89. The van der Waals surface area contributed by atoms with Crippen LogP contribution in [0.3, 0.4) is 0 Å². The van der Waals surface area contributed by atoms with Crippen LogP contribution < -0.4 is 5.73 Å². The molecule has 0 unspecified atom stereocenters. The van der Waals surface area contributed by atoms with E-state index in [0.29, 0.717) is 29.7 Å². The molecule has 0 spiro atoms. The van der Waals surface area contributed by atoms with Crippen molar-refractivity contribution in [2.24, 2.45) is 0 Å². The van der Waals surface area contributed by atoms with Gasteiger partial charge < -0.3 is 10.3 Å². The molecule has 0 atom stereocenters. The first-order valence-electron chi connectivity index (χ1n) is 5.70.